The lowest BCUT2D eigenvalue weighted by molar-refractivity contribution is 0.0599. The Hall–Kier alpha value is -1.78. The maximum atomic E-state index is 12.2. The second-order valence-electron chi connectivity index (χ2n) is 5.53. The van der Waals surface area contributed by atoms with Gasteiger partial charge in [-0.05, 0) is 39.7 Å². The number of H-pyrrole nitrogens is 1. The molecule has 1 rings (SSSR count). The minimum absolute atomic E-state index is 0.213. The molecule has 0 fully saturated rings. The Bertz CT molecular complexity index is 496. The molecule has 0 aliphatic carbocycles. The van der Waals surface area contributed by atoms with E-state index in [0.29, 0.717) is 23.2 Å². The van der Waals surface area contributed by atoms with E-state index in [2.05, 4.69) is 10.3 Å². The molecule has 5 nitrogen and oxygen atoms in total. The van der Waals surface area contributed by atoms with Gasteiger partial charge in [0, 0.05) is 11.2 Å². The standard InChI is InChI=1S/C14H22N2O3/c1-7-9-10(13(18)19-6)8(2)11(15-9)12(17)16-14(3,4)5/h15H,7H2,1-6H3,(H,16,17). The number of hydrogen-bond donors (Lipinski definition) is 2. The third-order valence-electron chi connectivity index (χ3n) is 2.79. The number of carbonyl (C=O) groups excluding carboxylic acids is 2. The molecule has 1 aromatic heterocycles. The third kappa shape index (κ3) is 3.36. The molecule has 0 aromatic carbocycles. The fourth-order valence-corrected chi connectivity index (χ4v) is 1.93. The monoisotopic (exact) mass is 266 g/mol. The van der Waals surface area contributed by atoms with Gasteiger partial charge in [-0.25, -0.2) is 4.79 Å². The molecule has 5 heteroatoms. The molecule has 0 atom stereocenters. The summed E-state index contributed by atoms with van der Waals surface area (Å²) in [6.07, 6.45) is 0.633. The van der Waals surface area contributed by atoms with Gasteiger partial charge in [-0.2, -0.15) is 0 Å². The SMILES string of the molecule is CCc1[nH]c(C(=O)NC(C)(C)C)c(C)c1C(=O)OC. The highest BCUT2D eigenvalue weighted by atomic mass is 16.5. The molecule has 0 unspecified atom stereocenters. The number of methoxy groups -OCH3 is 1. The molecule has 1 amide bonds. The van der Waals surface area contributed by atoms with Gasteiger partial charge in [0.05, 0.1) is 12.7 Å². The molecule has 0 bridgehead atoms. The number of hydrogen-bond acceptors (Lipinski definition) is 3. The van der Waals surface area contributed by atoms with Crippen LogP contribution in [0.25, 0.3) is 0 Å². The first kappa shape index (κ1) is 15.3. The summed E-state index contributed by atoms with van der Waals surface area (Å²) in [6, 6.07) is 0. The maximum absolute atomic E-state index is 12.2. The summed E-state index contributed by atoms with van der Waals surface area (Å²) in [6.45, 7) is 9.39. The van der Waals surface area contributed by atoms with E-state index >= 15 is 0 Å². The van der Waals surface area contributed by atoms with E-state index in [0.717, 1.165) is 5.69 Å². The summed E-state index contributed by atoms with van der Waals surface area (Å²) < 4.78 is 4.76. The molecular weight excluding hydrogens is 244 g/mol. The van der Waals surface area contributed by atoms with Crippen molar-refractivity contribution in [1.29, 1.82) is 0 Å². The molecule has 1 aromatic rings. The fraction of sp³-hybridized carbons (Fsp3) is 0.571. The van der Waals surface area contributed by atoms with Crippen LogP contribution in [0, 0.1) is 6.92 Å². The Labute approximate surface area is 113 Å². The van der Waals surface area contributed by atoms with Gasteiger partial charge < -0.3 is 15.0 Å². The fourth-order valence-electron chi connectivity index (χ4n) is 1.93. The van der Waals surface area contributed by atoms with Gasteiger partial charge in [-0.15, -0.1) is 0 Å². The average Bonchev–Trinajstić information content (AvgIpc) is 2.63. The van der Waals surface area contributed by atoms with Crippen molar-refractivity contribution in [3.8, 4) is 0 Å². The van der Waals surface area contributed by atoms with Gasteiger partial charge in [0.1, 0.15) is 5.69 Å². The lowest BCUT2D eigenvalue weighted by atomic mass is 10.1. The van der Waals surface area contributed by atoms with Crippen molar-refractivity contribution in [2.45, 2.75) is 46.6 Å². The summed E-state index contributed by atoms with van der Waals surface area (Å²) in [5, 5.41) is 2.88. The number of amides is 1. The Kier molecular flexibility index (Phi) is 4.39. The van der Waals surface area contributed by atoms with Crippen LogP contribution in [0.5, 0.6) is 0 Å². The molecule has 1 heterocycles. The summed E-state index contributed by atoms with van der Waals surface area (Å²) in [4.78, 5) is 27.0. The maximum Gasteiger partial charge on any atom is 0.339 e. The Morgan fingerprint density at radius 3 is 2.32 bits per heavy atom. The van der Waals surface area contributed by atoms with Gasteiger partial charge >= 0.3 is 5.97 Å². The first-order valence-electron chi connectivity index (χ1n) is 6.33. The van der Waals surface area contributed by atoms with Gasteiger partial charge in [-0.3, -0.25) is 4.79 Å². The average molecular weight is 266 g/mol. The molecule has 0 spiro atoms. The van der Waals surface area contributed by atoms with Crippen LogP contribution < -0.4 is 5.32 Å². The first-order valence-corrected chi connectivity index (χ1v) is 6.33. The van der Waals surface area contributed by atoms with Crippen LogP contribution in [0.1, 0.15) is 59.8 Å². The van der Waals surface area contributed by atoms with E-state index < -0.39 is 5.97 Å². The summed E-state index contributed by atoms with van der Waals surface area (Å²) in [5.74, 6) is -0.629. The van der Waals surface area contributed by atoms with Crippen LogP contribution in [-0.2, 0) is 11.2 Å². The highest BCUT2D eigenvalue weighted by Crippen LogP contribution is 2.20. The molecule has 106 valence electrons. The van der Waals surface area contributed by atoms with Gasteiger partial charge in [0.25, 0.3) is 5.91 Å². The highest BCUT2D eigenvalue weighted by Gasteiger charge is 2.25. The number of esters is 1. The predicted octanol–water partition coefficient (Wildman–Crippen LogP) is 2.20. The van der Waals surface area contributed by atoms with Crippen molar-refractivity contribution < 1.29 is 14.3 Å². The second-order valence-corrected chi connectivity index (χ2v) is 5.53. The van der Waals surface area contributed by atoms with E-state index in [1.54, 1.807) is 6.92 Å². The smallest absolute Gasteiger partial charge is 0.339 e. The number of carbonyl (C=O) groups is 2. The lowest BCUT2D eigenvalue weighted by Crippen LogP contribution is -2.41. The number of ether oxygens (including phenoxy) is 1. The molecule has 0 aliphatic heterocycles. The highest BCUT2D eigenvalue weighted by molar-refractivity contribution is 6.00. The molecule has 19 heavy (non-hydrogen) atoms. The van der Waals surface area contributed by atoms with Gasteiger partial charge in [0.2, 0.25) is 0 Å². The van der Waals surface area contributed by atoms with Crippen molar-refractivity contribution in [1.82, 2.24) is 10.3 Å². The van der Waals surface area contributed by atoms with Crippen molar-refractivity contribution in [2.24, 2.45) is 0 Å². The van der Waals surface area contributed by atoms with Crippen molar-refractivity contribution in [3.63, 3.8) is 0 Å². The van der Waals surface area contributed by atoms with Gasteiger partial charge in [-0.1, -0.05) is 6.92 Å². The molecule has 0 radical (unpaired) electrons. The van der Waals surface area contributed by atoms with Gasteiger partial charge in [0.15, 0.2) is 0 Å². The lowest BCUT2D eigenvalue weighted by Gasteiger charge is -2.20. The zero-order chi connectivity index (χ0) is 14.8. The van der Waals surface area contributed by atoms with Crippen molar-refractivity contribution >= 4 is 11.9 Å². The van der Waals surface area contributed by atoms with Crippen LogP contribution in [0.15, 0.2) is 0 Å². The number of nitrogens with one attached hydrogen (secondary N) is 2. The van der Waals surface area contributed by atoms with Crippen LogP contribution in [-0.4, -0.2) is 29.5 Å². The molecule has 0 aliphatic rings. The molecule has 0 saturated carbocycles. The first-order chi connectivity index (χ1) is 8.71. The minimum Gasteiger partial charge on any atom is -0.465 e. The number of aryl methyl sites for hydroxylation is 1. The van der Waals surface area contributed by atoms with Crippen LogP contribution in [0.4, 0.5) is 0 Å². The number of rotatable bonds is 3. The normalized spacial score (nSPS) is 11.3. The van der Waals surface area contributed by atoms with Crippen LogP contribution in [0.2, 0.25) is 0 Å². The minimum atomic E-state index is -0.416. The van der Waals surface area contributed by atoms with E-state index in [1.807, 2.05) is 27.7 Å². The largest absolute Gasteiger partial charge is 0.465 e. The van der Waals surface area contributed by atoms with Crippen molar-refractivity contribution in [3.05, 3.63) is 22.5 Å². The summed E-state index contributed by atoms with van der Waals surface area (Å²) in [5.41, 5.74) is 1.91. The quantitative estimate of drug-likeness (QED) is 0.824. The number of aromatic amines is 1. The Balaban J connectivity index is 3.21. The van der Waals surface area contributed by atoms with Crippen LogP contribution >= 0.6 is 0 Å². The number of aromatic nitrogens is 1. The Morgan fingerprint density at radius 2 is 1.89 bits per heavy atom. The molecular formula is C14H22N2O3. The van der Waals surface area contributed by atoms with E-state index in [1.165, 1.54) is 7.11 Å². The summed E-state index contributed by atoms with van der Waals surface area (Å²) >= 11 is 0. The van der Waals surface area contributed by atoms with Crippen LogP contribution in [0.3, 0.4) is 0 Å². The van der Waals surface area contributed by atoms with E-state index in [-0.39, 0.29) is 11.4 Å². The van der Waals surface area contributed by atoms with E-state index in [4.69, 9.17) is 4.74 Å². The zero-order valence-electron chi connectivity index (χ0n) is 12.4. The molecule has 0 saturated heterocycles. The third-order valence-corrected chi connectivity index (χ3v) is 2.79. The topological polar surface area (TPSA) is 71.2 Å². The summed E-state index contributed by atoms with van der Waals surface area (Å²) in [7, 11) is 1.34. The Morgan fingerprint density at radius 1 is 1.32 bits per heavy atom. The van der Waals surface area contributed by atoms with E-state index in [9.17, 15) is 9.59 Å². The second kappa shape index (κ2) is 5.47. The predicted molar refractivity (Wildman–Crippen MR) is 73.5 cm³/mol. The zero-order valence-corrected chi connectivity index (χ0v) is 12.4. The van der Waals surface area contributed by atoms with Crippen molar-refractivity contribution in [2.75, 3.05) is 7.11 Å². The molecule has 2 N–H and O–H groups in total.